The van der Waals surface area contributed by atoms with Crippen LogP contribution < -0.4 is 15.5 Å². The molecule has 0 saturated carbocycles. The third-order valence-corrected chi connectivity index (χ3v) is 5.20. The normalized spacial score (nSPS) is 13.9. The molecule has 1 fully saturated rings. The molecular weight excluding hydrogens is 406 g/mol. The van der Waals surface area contributed by atoms with Gasteiger partial charge in [-0.25, -0.2) is 9.97 Å². The van der Waals surface area contributed by atoms with E-state index in [2.05, 4.69) is 41.8 Å². The second kappa shape index (κ2) is 9.94. The Morgan fingerprint density at radius 2 is 1.91 bits per heavy atom. The van der Waals surface area contributed by atoms with Crippen molar-refractivity contribution in [2.45, 2.75) is 6.42 Å². The number of phenols is 1. The second-order valence-corrected chi connectivity index (χ2v) is 7.32. The van der Waals surface area contributed by atoms with Crippen LogP contribution in [0, 0.1) is 11.8 Å². The van der Waals surface area contributed by atoms with Crippen LogP contribution in [-0.4, -0.2) is 65.2 Å². The number of rotatable bonds is 4. The van der Waals surface area contributed by atoms with Crippen LogP contribution in [0.5, 0.6) is 5.75 Å². The van der Waals surface area contributed by atoms with Gasteiger partial charge in [-0.2, -0.15) is 0 Å². The zero-order valence-electron chi connectivity index (χ0n) is 17.9. The van der Waals surface area contributed by atoms with Crippen LogP contribution in [0.3, 0.4) is 0 Å². The van der Waals surface area contributed by atoms with Gasteiger partial charge in [0.25, 0.3) is 0 Å². The zero-order valence-corrected chi connectivity index (χ0v) is 17.9. The number of aromatic hydroxyl groups is 1. The van der Waals surface area contributed by atoms with E-state index in [0.717, 1.165) is 44.1 Å². The maximum Gasteiger partial charge on any atom is 0.206 e. The van der Waals surface area contributed by atoms with Gasteiger partial charge in [-0.15, -0.1) is 10.2 Å². The van der Waals surface area contributed by atoms with E-state index in [9.17, 15) is 5.11 Å². The first-order chi connectivity index (χ1) is 15.7. The quantitative estimate of drug-likeness (QED) is 0.598. The maximum atomic E-state index is 10.2. The summed E-state index contributed by atoms with van der Waals surface area (Å²) in [7, 11) is 1.60. The van der Waals surface area contributed by atoms with Crippen LogP contribution in [0.15, 0.2) is 42.6 Å². The SMILES string of the molecule is COCC#Cc1nccc(N2CCCN(c3cc(-c4ccccc4O)nnc3N)CC2)n1. The Kier molecular flexibility index (Phi) is 6.63. The summed E-state index contributed by atoms with van der Waals surface area (Å²) in [4.78, 5) is 13.2. The molecule has 2 aromatic heterocycles. The number of hydrogen-bond donors (Lipinski definition) is 2. The molecule has 32 heavy (non-hydrogen) atoms. The summed E-state index contributed by atoms with van der Waals surface area (Å²) in [6.45, 7) is 3.51. The smallest absolute Gasteiger partial charge is 0.206 e. The number of nitrogens with two attached hydrogens (primary N) is 1. The third-order valence-electron chi connectivity index (χ3n) is 5.20. The molecule has 0 bridgehead atoms. The average molecular weight is 432 g/mol. The highest BCUT2D eigenvalue weighted by atomic mass is 16.5. The summed E-state index contributed by atoms with van der Waals surface area (Å²) in [5, 5.41) is 18.5. The Morgan fingerprint density at radius 3 is 2.75 bits per heavy atom. The topological polar surface area (TPSA) is 114 Å². The minimum Gasteiger partial charge on any atom is -0.507 e. The maximum absolute atomic E-state index is 10.2. The van der Waals surface area contributed by atoms with Crippen molar-refractivity contribution in [1.82, 2.24) is 20.2 Å². The summed E-state index contributed by atoms with van der Waals surface area (Å²) in [6.07, 6.45) is 2.65. The van der Waals surface area contributed by atoms with Crippen molar-refractivity contribution in [2.75, 3.05) is 55.4 Å². The van der Waals surface area contributed by atoms with E-state index in [1.165, 1.54) is 0 Å². The summed E-state index contributed by atoms with van der Waals surface area (Å²) in [5.41, 5.74) is 8.20. The lowest BCUT2D eigenvalue weighted by Crippen LogP contribution is -2.31. The number of para-hydroxylation sites is 1. The van der Waals surface area contributed by atoms with Gasteiger partial charge < -0.3 is 25.4 Å². The Labute approximate surface area is 186 Å². The number of ether oxygens (including phenoxy) is 1. The Morgan fingerprint density at radius 1 is 1.09 bits per heavy atom. The van der Waals surface area contributed by atoms with Gasteiger partial charge in [-0.05, 0) is 36.6 Å². The molecule has 9 heteroatoms. The van der Waals surface area contributed by atoms with Crippen molar-refractivity contribution in [3.05, 3.63) is 48.4 Å². The number of benzene rings is 1. The number of phenolic OH excluding ortho intramolecular Hbond substituents is 1. The van der Waals surface area contributed by atoms with Crippen LogP contribution in [0.2, 0.25) is 0 Å². The summed E-state index contributed by atoms with van der Waals surface area (Å²) in [6, 6.07) is 10.9. The molecule has 0 spiro atoms. The highest BCUT2D eigenvalue weighted by Gasteiger charge is 2.20. The summed E-state index contributed by atoms with van der Waals surface area (Å²) >= 11 is 0. The number of methoxy groups -OCH3 is 1. The molecule has 1 saturated heterocycles. The molecule has 3 aromatic rings. The van der Waals surface area contributed by atoms with Crippen LogP contribution in [0.25, 0.3) is 11.3 Å². The Bertz CT molecular complexity index is 1140. The first-order valence-electron chi connectivity index (χ1n) is 10.4. The molecule has 0 atom stereocenters. The van der Waals surface area contributed by atoms with Crippen LogP contribution in [-0.2, 0) is 4.74 Å². The molecule has 0 amide bonds. The first-order valence-corrected chi connectivity index (χ1v) is 10.4. The number of nitrogens with zero attached hydrogens (tertiary/aromatic N) is 6. The predicted molar refractivity (Wildman–Crippen MR) is 123 cm³/mol. The van der Waals surface area contributed by atoms with Crippen LogP contribution in [0.1, 0.15) is 12.2 Å². The minimum atomic E-state index is 0.160. The fraction of sp³-hybridized carbons (Fsp3) is 0.304. The molecule has 1 aliphatic heterocycles. The molecule has 3 N–H and O–H groups in total. The number of hydrogen-bond acceptors (Lipinski definition) is 9. The molecule has 164 valence electrons. The molecule has 1 aliphatic rings. The average Bonchev–Trinajstić information content (AvgIpc) is 3.07. The largest absolute Gasteiger partial charge is 0.507 e. The minimum absolute atomic E-state index is 0.160. The van der Waals surface area contributed by atoms with Gasteiger partial charge in [0.1, 0.15) is 18.2 Å². The third kappa shape index (κ3) is 4.87. The van der Waals surface area contributed by atoms with Crippen molar-refractivity contribution in [2.24, 2.45) is 0 Å². The molecule has 0 aliphatic carbocycles. The fourth-order valence-corrected chi connectivity index (χ4v) is 3.63. The monoisotopic (exact) mass is 431 g/mol. The predicted octanol–water partition coefficient (Wildman–Crippen LogP) is 1.94. The first kappa shape index (κ1) is 21.3. The van der Waals surface area contributed by atoms with E-state index in [4.69, 9.17) is 10.5 Å². The van der Waals surface area contributed by atoms with Crippen molar-refractivity contribution in [3.63, 3.8) is 0 Å². The lowest BCUT2D eigenvalue weighted by atomic mass is 10.1. The molecule has 0 unspecified atom stereocenters. The molecule has 4 rings (SSSR count). The van der Waals surface area contributed by atoms with Crippen molar-refractivity contribution < 1.29 is 9.84 Å². The van der Waals surface area contributed by atoms with Crippen molar-refractivity contribution >= 4 is 17.3 Å². The van der Waals surface area contributed by atoms with Gasteiger partial charge in [0.15, 0.2) is 5.82 Å². The molecular formula is C23H25N7O2. The van der Waals surface area contributed by atoms with E-state index in [0.29, 0.717) is 29.5 Å². The van der Waals surface area contributed by atoms with Crippen molar-refractivity contribution in [3.8, 4) is 28.8 Å². The highest BCUT2D eigenvalue weighted by Crippen LogP contribution is 2.31. The van der Waals surface area contributed by atoms with E-state index in [1.54, 1.807) is 25.4 Å². The molecule has 9 nitrogen and oxygen atoms in total. The molecule has 3 heterocycles. The van der Waals surface area contributed by atoms with Crippen molar-refractivity contribution in [1.29, 1.82) is 0 Å². The summed E-state index contributed by atoms with van der Waals surface area (Å²) < 4.78 is 4.95. The second-order valence-electron chi connectivity index (χ2n) is 7.32. The van der Waals surface area contributed by atoms with Crippen LogP contribution >= 0.6 is 0 Å². The molecule has 0 radical (unpaired) electrons. The van der Waals surface area contributed by atoms with Gasteiger partial charge in [0, 0.05) is 45.0 Å². The van der Waals surface area contributed by atoms with Gasteiger partial charge in [0.2, 0.25) is 5.82 Å². The molecule has 1 aromatic carbocycles. The lowest BCUT2D eigenvalue weighted by Gasteiger charge is -2.25. The number of nitrogen functional groups attached to an aromatic ring is 1. The van der Waals surface area contributed by atoms with E-state index in [1.807, 2.05) is 24.3 Å². The number of aromatic nitrogens is 4. The van der Waals surface area contributed by atoms with E-state index < -0.39 is 0 Å². The number of anilines is 3. The zero-order chi connectivity index (χ0) is 22.3. The van der Waals surface area contributed by atoms with Gasteiger partial charge in [-0.1, -0.05) is 18.1 Å². The fourth-order valence-electron chi connectivity index (χ4n) is 3.63. The van der Waals surface area contributed by atoms with Gasteiger partial charge in [-0.3, -0.25) is 0 Å². The van der Waals surface area contributed by atoms with Gasteiger partial charge >= 0.3 is 0 Å². The standard InChI is InChI=1S/C23H25N7O2/c1-32-15-4-8-21-25-10-9-22(26-21)30-12-5-11-29(13-14-30)19-16-18(27-28-23(19)24)17-6-2-3-7-20(17)31/h2-3,6-7,9-10,16,31H,5,11-15H2,1H3,(H2,24,28). The van der Waals surface area contributed by atoms with E-state index >= 15 is 0 Å². The van der Waals surface area contributed by atoms with Gasteiger partial charge in [0.05, 0.1) is 11.4 Å². The lowest BCUT2D eigenvalue weighted by molar-refractivity contribution is 0.240. The Hall–Kier alpha value is -3.90. The highest BCUT2D eigenvalue weighted by molar-refractivity contribution is 5.74. The van der Waals surface area contributed by atoms with E-state index in [-0.39, 0.29) is 5.75 Å². The summed E-state index contributed by atoms with van der Waals surface area (Å²) in [5.74, 6) is 7.66. The Balaban J connectivity index is 1.52. The van der Waals surface area contributed by atoms with Crippen LogP contribution in [0.4, 0.5) is 17.3 Å².